The molecule has 2 nitrogen and oxygen atoms in total. The van der Waals surface area contributed by atoms with Crippen molar-refractivity contribution >= 4 is 0 Å². The number of fused-ring (bicyclic) bond motifs is 4. The van der Waals surface area contributed by atoms with Crippen LogP contribution in [-0.4, -0.2) is 10.2 Å². The highest BCUT2D eigenvalue weighted by Crippen LogP contribution is 2.58. The van der Waals surface area contributed by atoms with Crippen molar-refractivity contribution in [2.24, 2.45) is 5.92 Å². The molecule has 2 N–H and O–H groups in total. The number of benzene rings is 1. The van der Waals surface area contributed by atoms with Crippen molar-refractivity contribution in [2.75, 3.05) is 0 Å². The van der Waals surface area contributed by atoms with Crippen LogP contribution in [0.2, 0.25) is 0 Å². The molecular formula is C17H18O2. The minimum Gasteiger partial charge on any atom is -0.512 e. The molecule has 0 aromatic heterocycles. The third kappa shape index (κ3) is 1.43. The van der Waals surface area contributed by atoms with E-state index in [0.29, 0.717) is 17.4 Å². The molecular weight excluding hydrogens is 236 g/mol. The Balaban J connectivity index is 1.84. The number of phenolic OH excluding ortho intramolecular Hbond substituents is 1. The molecule has 3 aliphatic rings. The first-order valence-electron chi connectivity index (χ1n) is 7.10. The van der Waals surface area contributed by atoms with Gasteiger partial charge in [-0.15, -0.1) is 0 Å². The van der Waals surface area contributed by atoms with Crippen molar-refractivity contribution in [3.63, 3.8) is 0 Å². The number of aromatic hydroxyl groups is 1. The summed E-state index contributed by atoms with van der Waals surface area (Å²) in [6, 6.07) is 5.82. The lowest BCUT2D eigenvalue weighted by Crippen LogP contribution is -2.29. The van der Waals surface area contributed by atoms with Crippen LogP contribution in [0.15, 0.2) is 41.7 Å². The van der Waals surface area contributed by atoms with Crippen LogP contribution in [0.4, 0.5) is 0 Å². The van der Waals surface area contributed by atoms with Gasteiger partial charge in [-0.3, -0.25) is 0 Å². The molecule has 1 aromatic carbocycles. The van der Waals surface area contributed by atoms with Crippen molar-refractivity contribution in [3.05, 3.63) is 52.8 Å². The zero-order valence-electron chi connectivity index (χ0n) is 10.9. The molecule has 1 fully saturated rings. The molecule has 0 radical (unpaired) electrons. The van der Waals surface area contributed by atoms with Gasteiger partial charge in [-0.05, 0) is 60.9 Å². The molecule has 0 amide bonds. The highest BCUT2D eigenvalue weighted by Gasteiger charge is 2.50. The fourth-order valence-electron chi connectivity index (χ4n) is 4.44. The number of aryl methyl sites for hydroxylation is 1. The molecule has 4 rings (SSSR count). The van der Waals surface area contributed by atoms with E-state index in [-0.39, 0.29) is 5.41 Å². The molecule has 2 unspecified atom stereocenters. The summed E-state index contributed by atoms with van der Waals surface area (Å²) in [7, 11) is 0. The predicted molar refractivity (Wildman–Crippen MR) is 74.2 cm³/mol. The standard InChI is InChI=1S/C17H18O2/c18-13-3-1-11-5-7-17(15(11)9-13)8-6-12-2-4-14(19)10-16(12)17/h1-4,9,16,18-19H,5-8,10H2. The van der Waals surface area contributed by atoms with Crippen molar-refractivity contribution in [1.29, 1.82) is 0 Å². The van der Waals surface area contributed by atoms with Crippen molar-refractivity contribution in [1.82, 2.24) is 0 Å². The summed E-state index contributed by atoms with van der Waals surface area (Å²) >= 11 is 0. The van der Waals surface area contributed by atoms with Crippen LogP contribution in [-0.2, 0) is 11.8 Å². The van der Waals surface area contributed by atoms with E-state index in [1.54, 1.807) is 6.07 Å². The Kier molecular flexibility index (Phi) is 2.15. The van der Waals surface area contributed by atoms with E-state index in [2.05, 4.69) is 12.1 Å². The second kappa shape index (κ2) is 3.66. The lowest BCUT2D eigenvalue weighted by atomic mass is 9.70. The van der Waals surface area contributed by atoms with Gasteiger partial charge in [0.05, 0.1) is 5.76 Å². The Labute approximate surface area is 113 Å². The number of hydrogen-bond donors (Lipinski definition) is 2. The predicted octanol–water partition coefficient (Wildman–Crippen LogP) is 3.76. The van der Waals surface area contributed by atoms with Crippen LogP contribution < -0.4 is 0 Å². The Morgan fingerprint density at radius 3 is 2.79 bits per heavy atom. The molecule has 3 aliphatic carbocycles. The maximum absolute atomic E-state index is 9.87. The van der Waals surface area contributed by atoms with Crippen LogP contribution in [0.1, 0.15) is 36.8 Å². The maximum Gasteiger partial charge on any atom is 0.115 e. The zero-order chi connectivity index (χ0) is 13.0. The highest BCUT2D eigenvalue weighted by atomic mass is 16.3. The first kappa shape index (κ1) is 11.2. The summed E-state index contributed by atoms with van der Waals surface area (Å²) < 4.78 is 0. The number of hydrogen-bond acceptors (Lipinski definition) is 2. The van der Waals surface area contributed by atoms with Crippen LogP contribution in [0.5, 0.6) is 5.75 Å². The number of phenols is 1. The Morgan fingerprint density at radius 1 is 1.05 bits per heavy atom. The van der Waals surface area contributed by atoms with Gasteiger partial charge in [-0.2, -0.15) is 0 Å². The number of rotatable bonds is 0. The summed E-state index contributed by atoms with van der Waals surface area (Å²) in [5, 5.41) is 19.7. The summed E-state index contributed by atoms with van der Waals surface area (Å²) in [6.07, 6.45) is 9.26. The molecule has 0 bridgehead atoms. The van der Waals surface area contributed by atoms with E-state index in [1.165, 1.54) is 16.7 Å². The minimum atomic E-state index is 0.155. The molecule has 19 heavy (non-hydrogen) atoms. The number of aliphatic hydroxyl groups is 1. The first-order valence-corrected chi connectivity index (χ1v) is 7.10. The largest absolute Gasteiger partial charge is 0.512 e. The van der Waals surface area contributed by atoms with Crippen LogP contribution in [0, 0.1) is 5.92 Å². The Morgan fingerprint density at radius 2 is 1.89 bits per heavy atom. The lowest BCUT2D eigenvalue weighted by Gasteiger charge is -2.34. The average molecular weight is 254 g/mol. The molecule has 2 heteroatoms. The third-order valence-electron chi connectivity index (χ3n) is 5.35. The number of aliphatic hydroxyl groups excluding tert-OH is 1. The fraction of sp³-hybridized carbons (Fsp3) is 0.412. The second-order valence-corrected chi connectivity index (χ2v) is 6.15. The van der Waals surface area contributed by atoms with Gasteiger partial charge in [0.15, 0.2) is 0 Å². The van der Waals surface area contributed by atoms with Gasteiger partial charge in [-0.1, -0.05) is 17.7 Å². The van der Waals surface area contributed by atoms with E-state index >= 15 is 0 Å². The minimum absolute atomic E-state index is 0.155. The van der Waals surface area contributed by atoms with Gasteiger partial charge in [0, 0.05) is 11.8 Å². The van der Waals surface area contributed by atoms with E-state index in [4.69, 9.17) is 0 Å². The van der Waals surface area contributed by atoms with Gasteiger partial charge in [0.2, 0.25) is 0 Å². The zero-order valence-corrected chi connectivity index (χ0v) is 10.9. The Bertz CT molecular complexity index is 612. The second-order valence-electron chi connectivity index (χ2n) is 6.15. The van der Waals surface area contributed by atoms with Crippen molar-refractivity contribution in [2.45, 2.75) is 37.5 Å². The van der Waals surface area contributed by atoms with Crippen LogP contribution >= 0.6 is 0 Å². The third-order valence-corrected chi connectivity index (χ3v) is 5.35. The molecule has 0 saturated heterocycles. The maximum atomic E-state index is 9.87. The van der Waals surface area contributed by atoms with Crippen molar-refractivity contribution in [3.8, 4) is 5.75 Å². The number of allylic oxidation sites excluding steroid dienone is 4. The fourth-order valence-corrected chi connectivity index (χ4v) is 4.44. The summed E-state index contributed by atoms with van der Waals surface area (Å²) in [6.45, 7) is 0. The van der Waals surface area contributed by atoms with Gasteiger partial charge in [-0.25, -0.2) is 0 Å². The average Bonchev–Trinajstić information content (AvgIpc) is 2.94. The topological polar surface area (TPSA) is 40.5 Å². The van der Waals surface area contributed by atoms with Crippen molar-refractivity contribution < 1.29 is 10.2 Å². The summed E-state index contributed by atoms with van der Waals surface area (Å²) in [5.74, 6) is 1.30. The molecule has 0 heterocycles. The SMILES string of the molecule is OC1=CC=C2CCC3(CCc4ccc(O)cc43)C2C1. The van der Waals surface area contributed by atoms with Gasteiger partial charge in [0.25, 0.3) is 0 Å². The van der Waals surface area contributed by atoms with E-state index < -0.39 is 0 Å². The van der Waals surface area contributed by atoms with Crippen LogP contribution in [0.3, 0.4) is 0 Å². The Hall–Kier alpha value is -1.70. The summed E-state index contributed by atoms with van der Waals surface area (Å²) in [4.78, 5) is 0. The van der Waals surface area contributed by atoms with Gasteiger partial charge in [0.1, 0.15) is 5.75 Å². The smallest absolute Gasteiger partial charge is 0.115 e. The van der Waals surface area contributed by atoms with Crippen LogP contribution in [0.25, 0.3) is 0 Å². The molecule has 2 atom stereocenters. The molecule has 1 saturated carbocycles. The lowest BCUT2D eigenvalue weighted by molar-refractivity contribution is 0.285. The highest BCUT2D eigenvalue weighted by molar-refractivity contribution is 5.49. The molecule has 98 valence electrons. The monoisotopic (exact) mass is 254 g/mol. The molecule has 0 aliphatic heterocycles. The van der Waals surface area contributed by atoms with E-state index in [9.17, 15) is 10.2 Å². The quantitative estimate of drug-likeness (QED) is 0.740. The van der Waals surface area contributed by atoms with E-state index in [1.807, 2.05) is 12.1 Å². The van der Waals surface area contributed by atoms with Gasteiger partial charge < -0.3 is 10.2 Å². The van der Waals surface area contributed by atoms with Gasteiger partial charge >= 0.3 is 0 Å². The molecule has 1 spiro atoms. The normalized spacial score (nSPS) is 31.9. The summed E-state index contributed by atoms with van der Waals surface area (Å²) in [5.41, 5.74) is 4.35. The first-order chi connectivity index (χ1) is 9.19. The molecule has 1 aromatic rings. The van der Waals surface area contributed by atoms with E-state index in [0.717, 1.165) is 32.1 Å².